The van der Waals surface area contributed by atoms with Crippen molar-refractivity contribution in [3.63, 3.8) is 0 Å². The molecular weight excluding hydrogens is 288 g/mol. The molecule has 134 valence electrons. The summed E-state index contributed by atoms with van der Waals surface area (Å²) in [5.41, 5.74) is -0.0146. The molecule has 2 rings (SSSR count). The van der Waals surface area contributed by atoms with E-state index in [1.807, 2.05) is 13.8 Å². The highest BCUT2D eigenvalue weighted by Gasteiger charge is 2.44. The molecule has 0 spiro atoms. The number of carbonyl (C=O) groups excluding carboxylic acids is 1. The van der Waals surface area contributed by atoms with Crippen LogP contribution in [0.15, 0.2) is 0 Å². The largest absolute Gasteiger partial charge is 0.469 e. The Labute approximate surface area is 142 Å². The first kappa shape index (κ1) is 18.8. The maximum absolute atomic E-state index is 12.0. The Kier molecular flexibility index (Phi) is 5.81. The van der Waals surface area contributed by atoms with Gasteiger partial charge in [0.15, 0.2) is 0 Å². The molecule has 2 aliphatic carbocycles. The quantitative estimate of drug-likeness (QED) is 0.771. The van der Waals surface area contributed by atoms with E-state index in [0.29, 0.717) is 11.3 Å². The zero-order valence-electron chi connectivity index (χ0n) is 15.7. The number of rotatable bonds is 4. The third-order valence-corrected chi connectivity index (χ3v) is 7.26. The lowest BCUT2D eigenvalue weighted by molar-refractivity contribution is -0.155. The lowest BCUT2D eigenvalue weighted by Crippen LogP contribution is -2.41. The lowest BCUT2D eigenvalue weighted by Gasteiger charge is -2.47. The van der Waals surface area contributed by atoms with Crippen LogP contribution in [0.3, 0.4) is 0 Å². The van der Waals surface area contributed by atoms with Crippen LogP contribution in [0, 0.1) is 28.6 Å². The Bertz CT molecular complexity index is 397. The van der Waals surface area contributed by atoms with Gasteiger partial charge >= 0.3 is 5.97 Å². The third kappa shape index (κ3) is 3.92. The molecule has 0 aromatic carbocycles. The van der Waals surface area contributed by atoms with Gasteiger partial charge in [-0.05, 0) is 88.4 Å². The van der Waals surface area contributed by atoms with E-state index in [0.717, 1.165) is 37.5 Å². The number of aliphatic hydroxyl groups excluding tert-OH is 1. The van der Waals surface area contributed by atoms with Gasteiger partial charge in [-0.2, -0.15) is 0 Å². The predicted octanol–water partition coefficient (Wildman–Crippen LogP) is 4.57. The number of aliphatic hydroxyl groups is 1. The van der Waals surface area contributed by atoms with E-state index >= 15 is 0 Å². The molecule has 0 bridgehead atoms. The van der Waals surface area contributed by atoms with Crippen LogP contribution in [0.5, 0.6) is 0 Å². The van der Waals surface area contributed by atoms with Crippen molar-refractivity contribution in [3.8, 4) is 0 Å². The molecule has 1 N–H and O–H groups in total. The molecule has 23 heavy (non-hydrogen) atoms. The molecule has 2 saturated carbocycles. The summed E-state index contributed by atoms with van der Waals surface area (Å²) < 4.78 is 5.00. The second-order valence-electron chi connectivity index (χ2n) is 9.09. The number of hydrogen-bond acceptors (Lipinski definition) is 3. The van der Waals surface area contributed by atoms with Gasteiger partial charge in [-0.15, -0.1) is 0 Å². The van der Waals surface area contributed by atoms with E-state index in [4.69, 9.17) is 4.74 Å². The van der Waals surface area contributed by atoms with Crippen LogP contribution < -0.4 is 0 Å². The van der Waals surface area contributed by atoms with E-state index < -0.39 is 0 Å². The summed E-state index contributed by atoms with van der Waals surface area (Å²) in [7, 11) is 1.50. The number of hydrogen-bond donors (Lipinski definition) is 1. The van der Waals surface area contributed by atoms with E-state index in [1.165, 1.54) is 32.8 Å². The van der Waals surface area contributed by atoms with Crippen molar-refractivity contribution in [1.82, 2.24) is 0 Å². The van der Waals surface area contributed by atoms with E-state index in [2.05, 4.69) is 13.8 Å². The SMILES string of the molecule is COC(=O)C(C)(C)C1CCC(C(C)(C)C2CCC(O)CC2)CC1. The van der Waals surface area contributed by atoms with Crippen LogP contribution in [0.2, 0.25) is 0 Å². The van der Waals surface area contributed by atoms with Gasteiger partial charge in [-0.1, -0.05) is 13.8 Å². The Morgan fingerprint density at radius 1 is 0.826 bits per heavy atom. The molecule has 0 heterocycles. The summed E-state index contributed by atoms with van der Waals surface area (Å²) >= 11 is 0. The van der Waals surface area contributed by atoms with Gasteiger partial charge < -0.3 is 9.84 Å². The smallest absolute Gasteiger partial charge is 0.311 e. The van der Waals surface area contributed by atoms with Gasteiger partial charge in [-0.3, -0.25) is 4.79 Å². The maximum atomic E-state index is 12.0. The minimum absolute atomic E-state index is 0.0681. The lowest BCUT2D eigenvalue weighted by atomic mass is 9.58. The molecule has 0 aromatic heterocycles. The minimum atomic E-state index is -0.362. The topological polar surface area (TPSA) is 46.5 Å². The first-order chi connectivity index (χ1) is 10.7. The van der Waals surface area contributed by atoms with Gasteiger partial charge in [-0.25, -0.2) is 0 Å². The van der Waals surface area contributed by atoms with Gasteiger partial charge in [0.25, 0.3) is 0 Å². The predicted molar refractivity (Wildman–Crippen MR) is 93.0 cm³/mol. The number of carbonyl (C=O) groups is 1. The average molecular weight is 325 g/mol. The fourth-order valence-electron chi connectivity index (χ4n) is 5.14. The van der Waals surface area contributed by atoms with Crippen LogP contribution in [-0.2, 0) is 9.53 Å². The molecular formula is C20H36O3. The Balaban J connectivity index is 1.94. The fraction of sp³-hybridized carbons (Fsp3) is 0.950. The van der Waals surface area contributed by atoms with Gasteiger partial charge in [0.2, 0.25) is 0 Å². The van der Waals surface area contributed by atoms with Crippen LogP contribution in [0.4, 0.5) is 0 Å². The van der Waals surface area contributed by atoms with Gasteiger partial charge in [0.05, 0.1) is 18.6 Å². The van der Waals surface area contributed by atoms with Crippen LogP contribution >= 0.6 is 0 Å². The molecule has 0 unspecified atom stereocenters. The number of ether oxygens (including phenoxy) is 1. The van der Waals surface area contributed by atoms with Gasteiger partial charge in [0, 0.05) is 0 Å². The highest BCUT2D eigenvalue weighted by atomic mass is 16.5. The Hall–Kier alpha value is -0.570. The van der Waals surface area contributed by atoms with Crippen molar-refractivity contribution < 1.29 is 14.6 Å². The zero-order chi connectivity index (χ0) is 17.3. The Morgan fingerprint density at radius 2 is 1.22 bits per heavy atom. The molecule has 3 heteroatoms. The molecule has 2 aliphatic rings. The molecule has 0 aromatic rings. The van der Waals surface area contributed by atoms with Crippen molar-refractivity contribution in [2.75, 3.05) is 7.11 Å². The van der Waals surface area contributed by atoms with Crippen molar-refractivity contribution in [2.24, 2.45) is 28.6 Å². The highest BCUT2D eigenvalue weighted by molar-refractivity contribution is 5.76. The summed E-state index contributed by atoms with van der Waals surface area (Å²) in [5.74, 6) is 1.85. The summed E-state index contributed by atoms with van der Waals surface area (Å²) in [4.78, 5) is 12.0. The molecule has 0 amide bonds. The van der Waals surface area contributed by atoms with Crippen molar-refractivity contribution in [2.45, 2.75) is 85.2 Å². The second kappa shape index (κ2) is 7.13. The van der Waals surface area contributed by atoms with E-state index in [1.54, 1.807) is 0 Å². The zero-order valence-corrected chi connectivity index (χ0v) is 15.7. The molecule has 2 fully saturated rings. The van der Waals surface area contributed by atoms with E-state index in [9.17, 15) is 9.90 Å². The van der Waals surface area contributed by atoms with Crippen LogP contribution in [-0.4, -0.2) is 24.3 Å². The maximum Gasteiger partial charge on any atom is 0.311 e. The minimum Gasteiger partial charge on any atom is -0.469 e. The second-order valence-corrected chi connectivity index (χ2v) is 9.09. The number of esters is 1. The number of methoxy groups -OCH3 is 1. The standard InChI is InChI=1S/C20H36O3/c1-19(2,15-10-12-17(21)13-11-15)14-6-8-16(9-7-14)20(3,4)18(22)23-5/h14-17,21H,6-13H2,1-5H3. The summed E-state index contributed by atoms with van der Waals surface area (Å²) in [6.07, 6.45) is 8.91. The van der Waals surface area contributed by atoms with Crippen LogP contribution in [0.1, 0.15) is 79.1 Å². The fourth-order valence-corrected chi connectivity index (χ4v) is 5.14. The van der Waals surface area contributed by atoms with Crippen molar-refractivity contribution >= 4 is 5.97 Å². The molecule has 0 aliphatic heterocycles. The van der Waals surface area contributed by atoms with Gasteiger partial charge in [0.1, 0.15) is 0 Å². The first-order valence-corrected chi connectivity index (χ1v) is 9.46. The molecule has 0 atom stereocenters. The van der Waals surface area contributed by atoms with Crippen LogP contribution in [0.25, 0.3) is 0 Å². The normalized spacial score (nSPS) is 33.3. The summed E-state index contributed by atoms with van der Waals surface area (Å²) in [5, 5.41) is 9.76. The monoisotopic (exact) mass is 324 g/mol. The average Bonchev–Trinajstić information content (AvgIpc) is 2.54. The molecule has 0 radical (unpaired) electrons. The highest BCUT2D eigenvalue weighted by Crippen LogP contribution is 2.51. The Morgan fingerprint density at radius 3 is 1.65 bits per heavy atom. The first-order valence-electron chi connectivity index (χ1n) is 9.46. The van der Waals surface area contributed by atoms with E-state index in [-0.39, 0.29) is 17.5 Å². The van der Waals surface area contributed by atoms with Crippen molar-refractivity contribution in [3.05, 3.63) is 0 Å². The molecule has 3 nitrogen and oxygen atoms in total. The molecule has 0 saturated heterocycles. The summed E-state index contributed by atoms with van der Waals surface area (Å²) in [6, 6.07) is 0. The third-order valence-electron chi connectivity index (χ3n) is 7.26. The summed E-state index contributed by atoms with van der Waals surface area (Å²) in [6.45, 7) is 8.95. The van der Waals surface area contributed by atoms with Crippen molar-refractivity contribution in [1.29, 1.82) is 0 Å².